The minimum atomic E-state index is -0.461. The van der Waals surface area contributed by atoms with Gasteiger partial charge in [0.05, 0.1) is 21.6 Å². The third kappa shape index (κ3) is 3.83. The number of para-hydroxylation sites is 1. The molecule has 1 amide bonds. The van der Waals surface area contributed by atoms with E-state index in [0.29, 0.717) is 16.6 Å². The molecule has 25 heavy (non-hydrogen) atoms. The van der Waals surface area contributed by atoms with Gasteiger partial charge in [-0.2, -0.15) is 0 Å². The van der Waals surface area contributed by atoms with Crippen LogP contribution < -0.4 is 5.32 Å². The second-order valence-electron chi connectivity index (χ2n) is 6.02. The van der Waals surface area contributed by atoms with Crippen LogP contribution in [0.2, 0.25) is 0 Å². The number of carbonyl (C=O) groups excluding carboxylic acids is 1. The van der Waals surface area contributed by atoms with Crippen molar-refractivity contribution >= 4 is 38.3 Å². The monoisotopic (exact) mass is 355 g/mol. The SMILES string of the molecule is CC(C)c1cccc2sc(NC(=O)Cc3ccc([N+](=O)[O-])cc3)nc12. The molecule has 0 saturated heterocycles. The van der Waals surface area contributed by atoms with Crippen molar-refractivity contribution in [3.8, 4) is 0 Å². The van der Waals surface area contributed by atoms with Crippen LogP contribution in [0.1, 0.15) is 30.9 Å². The number of non-ortho nitro benzene ring substituents is 1. The lowest BCUT2D eigenvalue weighted by atomic mass is 10.0. The fourth-order valence-electron chi connectivity index (χ4n) is 2.57. The second kappa shape index (κ2) is 6.98. The number of nitro groups is 1. The van der Waals surface area contributed by atoms with Gasteiger partial charge in [0, 0.05) is 12.1 Å². The van der Waals surface area contributed by atoms with Crippen molar-refractivity contribution < 1.29 is 9.72 Å². The smallest absolute Gasteiger partial charge is 0.269 e. The van der Waals surface area contributed by atoms with Crippen molar-refractivity contribution in [3.05, 3.63) is 63.7 Å². The van der Waals surface area contributed by atoms with Gasteiger partial charge in [-0.3, -0.25) is 14.9 Å². The topological polar surface area (TPSA) is 85.1 Å². The van der Waals surface area contributed by atoms with Gasteiger partial charge in [0.25, 0.3) is 5.69 Å². The van der Waals surface area contributed by atoms with Gasteiger partial charge in [-0.15, -0.1) is 0 Å². The summed E-state index contributed by atoms with van der Waals surface area (Å²) in [6, 6.07) is 12.0. The number of aromatic nitrogens is 1. The number of anilines is 1. The molecule has 0 aliphatic carbocycles. The van der Waals surface area contributed by atoms with E-state index in [4.69, 9.17) is 0 Å². The van der Waals surface area contributed by atoms with E-state index >= 15 is 0 Å². The lowest BCUT2D eigenvalue weighted by Gasteiger charge is -2.04. The van der Waals surface area contributed by atoms with Crippen LogP contribution in [-0.4, -0.2) is 15.8 Å². The van der Waals surface area contributed by atoms with Crippen molar-refractivity contribution in [2.45, 2.75) is 26.2 Å². The molecule has 3 aromatic rings. The van der Waals surface area contributed by atoms with Gasteiger partial charge >= 0.3 is 0 Å². The molecule has 0 spiro atoms. The summed E-state index contributed by atoms with van der Waals surface area (Å²) in [7, 11) is 0. The van der Waals surface area contributed by atoms with Crippen molar-refractivity contribution in [3.63, 3.8) is 0 Å². The van der Waals surface area contributed by atoms with Crippen LogP contribution in [0.3, 0.4) is 0 Å². The van der Waals surface area contributed by atoms with Gasteiger partial charge in [-0.25, -0.2) is 4.98 Å². The molecule has 0 bridgehead atoms. The highest BCUT2D eigenvalue weighted by Gasteiger charge is 2.13. The Morgan fingerprint density at radius 2 is 1.96 bits per heavy atom. The number of thiazole rings is 1. The molecule has 3 rings (SSSR count). The van der Waals surface area contributed by atoms with E-state index in [1.165, 1.54) is 23.5 Å². The molecule has 0 fully saturated rings. The molecule has 0 saturated carbocycles. The summed E-state index contributed by atoms with van der Waals surface area (Å²) in [4.78, 5) is 27.0. The Bertz CT molecular complexity index is 932. The Labute approximate surface area is 148 Å². The Balaban J connectivity index is 1.73. The van der Waals surface area contributed by atoms with E-state index in [2.05, 4.69) is 30.2 Å². The third-order valence-electron chi connectivity index (χ3n) is 3.83. The van der Waals surface area contributed by atoms with Crippen LogP contribution in [0.4, 0.5) is 10.8 Å². The number of nitro benzene ring substituents is 1. The first-order valence-corrected chi connectivity index (χ1v) is 8.68. The van der Waals surface area contributed by atoms with Gasteiger partial charge in [0.2, 0.25) is 5.91 Å². The molecule has 7 heteroatoms. The molecule has 1 heterocycles. The van der Waals surface area contributed by atoms with Crippen molar-refractivity contribution in [1.29, 1.82) is 0 Å². The maximum absolute atomic E-state index is 12.2. The fraction of sp³-hybridized carbons (Fsp3) is 0.222. The van der Waals surface area contributed by atoms with E-state index in [1.54, 1.807) is 12.1 Å². The molecule has 0 radical (unpaired) electrons. The Morgan fingerprint density at radius 3 is 2.60 bits per heavy atom. The maximum atomic E-state index is 12.2. The van der Waals surface area contributed by atoms with E-state index in [0.717, 1.165) is 15.8 Å². The van der Waals surface area contributed by atoms with Crippen LogP contribution >= 0.6 is 11.3 Å². The predicted octanol–water partition coefficient (Wildman–Crippen LogP) is 4.51. The number of hydrogen-bond acceptors (Lipinski definition) is 5. The zero-order valence-corrected chi connectivity index (χ0v) is 14.7. The minimum Gasteiger partial charge on any atom is -0.302 e. The summed E-state index contributed by atoms with van der Waals surface area (Å²) < 4.78 is 1.04. The van der Waals surface area contributed by atoms with Gasteiger partial charge in [0.15, 0.2) is 5.13 Å². The first-order valence-electron chi connectivity index (χ1n) is 7.86. The molecule has 0 unspecified atom stereocenters. The molecule has 0 aliphatic heterocycles. The van der Waals surface area contributed by atoms with Crippen molar-refractivity contribution in [2.24, 2.45) is 0 Å². The number of amides is 1. The highest BCUT2D eigenvalue weighted by Crippen LogP contribution is 2.31. The molecule has 0 atom stereocenters. The lowest BCUT2D eigenvalue weighted by Crippen LogP contribution is -2.14. The van der Waals surface area contributed by atoms with Crippen LogP contribution in [0.15, 0.2) is 42.5 Å². The normalized spacial score (nSPS) is 11.0. The van der Waals surface area contributed by atoms with Gasteiger partial charge in [-0.05, 0) is 23.1 Å². The highest BCUT2D eigenvalue weighted by atomic mass is 32.1. The Morgan fingerprint density at radius 1 is 1.24 bits per heavy atom. The van der Waals surface area contributed by atoms with Crippen LogP contribution in [-0.2, 0) is 11.2 Å². The van der Waals surface area contributed by atoms with Crippen LogP contribution in [0.5, 0.6) is 0 Å². The van der Waals surface area contributed by atoms with Gasteiger partial charge in [0.1, 0.15) is 0 Å². The minimum absolute atomic E-state index is 0.0107. The predicted molar refractivity (Wildman–Crippen MR) is 99.1 cm³/mol. The molecule has 0 aliphatic rings. The summed E-state index contributed by atoms with van der Waals surface area (Å²) in [5.74, 6) is 0.161. The largest absolute Gasteiger partial charge is 0.302 e. The standard InChI is InChI=1S/C18H17N3O3S/c1-11(2)14-4-3-5-15-17(14)20-18(25-15)19-16(22)10-12-6-8-13(9-7-12)21(23)24/h3-9,11H,10H2,1-2H3,(H,19,20,22). The van der Waals surface area contributed by atoms with E-state index in [9.17, 15) is 14.9 Å². The van der Waals surface area contributed by atoms with E-state index in [-0.39, 0.29) is 18.0 Å². The first kappa shape index (κ1) is 17.0. The van der Waals surface area contributed by atoms with Crippen LogP contribution in [0.25, 0.3) is 10.2 Å². The summed E-state index contributed by atoms with van der Waals surface area (Å²) in [5.41, 5.74) is 2.81. The summed E-state index contributed by atoms with van der Waals surface area (Å²) in [6.45, 7) is 4.22. The van der Waals surface area contributed by atoms with E-state index in [1.807, 2.05) is 12.1 Å². The van der Waals surface area contributed by atoms with Gasteiger partial charge in [-0.1, -0.05) is 49.4 Å². The Kier molecular flexibility index (Phi) is 4.76. The molecule has 1 N–H and O–H groups in total. The highest BCUT2D eigenvalue weighted by molar-refractivity contribution is 7.22. The number of rotatable bonds is 5. The third-order valence-corrected chi connectivity index (χ3v) is 4.77. The summed E-state index contributed by atoms with van der Waals surface area (Å²) >= 11 is 1.44. The average molecular weight is 355 g/mol. The number of nitrogens with zero attached hydrogens (tertiary/aromatic N) is 2. The first-order chi connectivity index (χ1) is 11.9. The van der Waals surface area contributed by atoms with Crippen molar-refractivity contribution in [1.82, 2.24) is 4.98 Å². The fourth-order valence-corrected chi connectivity index (χ4v) is 3.49. The molecular weight excluding hydrogens is 338 g/mol. The number of benzene rings is 2. The number of fused-ring (bicyclic) bond motifs is 1. The average Bonchev–Trinajstić information content (AvgIpc) is 2.96. The second-order valence-corrected chi connectivity index (χ2v) is 7.05. The number of carbonyl (C=O) groups is 1. The summed E-state index contributed by atoms with van der Waals surface area (Å²) in [5, 5.41) is 14.0. The zero-order chi connectivity index (χ0) is 18.0. The lowest BCUT2D eigenvalue weighted by molar-refractivity contribution is -0.384. The quantitative estimate of drug-likeness (QED) is 0.539. The van der Waals surface area contributed by atoms with E-state index < -0.39 is 4.92 Å². The number of nitrogens with one attached hydrogen (secondary N) is 1. The Hall–Kier alpha value is -2.80. The van der Waals surface area contributed by atoms with Crippen molar-refractivity contribution in [2.75, 3.05) is 5.32 Å². The molecule has 128 valence electrons. The number of hydrogen-bond donors (Lipinski definition) is 1. The molecular formula is C18H17N3O3S. The molecule has 2 aromatic carbocycles. The molecule has 1 aromatic heterocycles. The zero-order valence-electron chi connectivity index (χ0n) is 13.9. The summed E-state index contributed by atoms with van der Waals surface area (Å²) in [6.07, 6.45) is 0.144. The van der Waals surface area contributed by atoms with Crippen LogP contribution in [0, 0.1) is 10.1 Å². The molecule has 6 nitrogen and oxygen atoms in total. The van der Waals surface area contributed by atoms with Gasteiger partial charge < -0.3 is 5.32 Å². The maximum Gasteiger partial charge on any atom is 0.269 e.